The van der Waals surface area contributed by atoms with Gasteiger partial charge in [-0.2, -0.15) is 0 Å². The highest BCUT2D eigenvalue weighted by atomic mass is 16.2. The summed E-state index contributed by atoms with van der Waals surface area (Å²) >= 11 is 0. The van der Waals surface area contributed by atoms with E-state index in [1.54, 1.807) is 0 Å². The zero-order valence-corrected chi connectivity index (χ0v) is 9.82. The van der Waals surface area contributed by atoms with Crippen molar-refractivity contribution in [3.05, 3.63) is 0 Å². The molecule has 1 atom stereocenters. The lowest BCUT2D eigenvalue weighted by Crippen LogP contribution is -2.53. The Hall–Kier alpha value is -0.900. The average molecular weight is 212 g/mol. The predicted molar refractivity (Wildman–Crippen MR) is 58.6 cm³/mol. The van der Waals surface area contributed by atoms with Crippen LogP contribution in [0.4, 0.5) is 0 Å². The summed E-state index contributed by atoms with van der Waals surface area (Å²) in [5.74, 6) is -0.0685. The number of likely N-dealkylation sites (N-methyl/N-ethyl adjacent to an activating group) is 1. The van der Waals surface area contributed by atoms with E-state index in [-0.39, 0.29) is 18.1 Å². The van der Waals surface area contributed by atoms with E-state index < -0.39 is 0 Å². The topological polar surface area (TPSA) is 40.6 Å². The number of carbonyl (C=O) groups is 2. The van der Waals surface area contributed by atoms with Gasteiger partial charge in [0.15, 0.2) is 0 Å². The monoisotopic (exact) mass is 212 g/mol. The minimum atomic E-state index is -0.0491. The molecule has 0 radical (unpaired) electrons. The number of amides is 1. The summed E-state index contributed by atoms with van der Waals surface area (Å²) in [6.07, 6.45) is 1.10. The third-order valence-corrected chi connectivity index (χ3v) is 3.00. The maximum Gasteiger partial charge on any atom is 0.230 e. The lowest BCUT2D eigenvalue weighted by Gasteiger charge is -2.39. The van der Waals surface area contributed by atoms with Gasteiger partial charge in [0.25, 0.3) is 0 Å². The molecule has 1 aliphatic heterocycles. The van der Waals surface area contributed by atoms with Crippen molar-refractivity contribution >= 4 is 11.7 Å². The first kappa shape index (κ1) is 12.2. The highest BCUT2D eigenvalue weighted by molar-refractivity contribution is 5.96. The number of ketones is 1. The predicted octanol–water partition coefficient (Wildman–Crippen LogP) is 0.518. The Morgan fingerprint density at radius 3 is 2.53 bits per heavy atom. The second-order valence-electron chi connectivity index (χ2n) is 4.26. The first-order valence-corrected chi connectivity index (χ1v) is 5.52. The summed E-state index contributed by atoms with van der Waals surface area (Å²) < 4.78 is 0. The van der Waals surface area contributed by atoms with Crippen LogP contribution in [0.1, 0.15) is 26.7 Å². The number of hydrogen-bond acceptors (Lipinski definition) is 3. The molecular formula is C11H20N2O2. The van der Waals surface area contributed by atoms with Crippen LogP contribution in [0.3, 0.4) is 0 Å². The Balaban J connectivity index is 2.50. The van der Waals surface area contributed by atoms with E-state index >= 15 is 0 Å². The average Bonchev–Trinajstić information content (AvgIpc) is 2.17. The molecule has 0 bridgehead atoms. The smallest absolute Gasteiger partial charge is 0.230 e. The molecular weight excluding hydrogens is 192 g/mol. The summed E-state index contributed by atoms with van der Waals surface area (Å²) in [6, 6.07) is 0.439. The maximum atomic E-state index is 11.7. The first-order valence-electron chi connectivity index (χ1n) is 5.52. The highest BCUT2D eigenvalue weighted by Crippen LogP contribution is 2.11. The lowest BCUT2D eigenvalue weighted by molar-refractivity contribution is -0.137. The summed E-state index contributed by atoms with van der Waals surface area (Å²) in [5.41, 5.74) is 0. The standard InChI is InChI=1S/C11H20N2O2/c1-4-10-8-13(6-5-12(10)3)11(15)7-9(2)14/h10H,4-8H2,1-3H3. The largest absolute Gasteiger partial charge is 0.339 e. The van der Waals surface area contributed by atoms with Crippen molar-refractivity contribution in [1.82, 2.24) is 9.80 Å². The fraction of sp³-hybridized carbons (Fsp3) is 0.818. The second-order valence-corrected chi connectivity index (χ2v) is 4.26. The molecule has 0 aromatic heterocycles. The zero-order chi connectivity index (χ0) is 11.4. The molecule has 1 fully saturated rings. The molecule has 1 unspecified atom stereocenters. The van der Waals surface area contributed by atoms with E-state index in [0.717, 1.165) is 26.1 Å². The van der Waals surface area contributed by atoms with E-state index in [0.29, 0.717) is 6.04 Å². The normalized spacial score (nSPS) is 22.9. The highest BCUT2D eigenvalue weighted by Gasteiger charge is 2.26. The molecule has 0 aromatic carbocycles. The van der Waals surface area contributed by atoms with Gasteiger partial charge in [-0.05, 0) is 20.4 Å². The van der Waals surface area contributed by atoms with E-state index in [1.807, 2.05) is 4.90 Å². The Kier molecular flexibility index (Phi) is 4.27. The van der Waals surface area contributed by atoms with Crippen LogP contribution in [0.15, 0.2) is 0 Å². The van der Waals surface area contributed by atoms with Gasteiger partial charge in [-0.3, -0.25) is 14.5 Å². The van der Waals surface area contributed by atoms with E-state index in [9.17, 15) is 9.59 Å². The van der Waals surface area contributed by atoms with Gasteiger partial charge in [-0.1, -0.05) is 6.92 Å². The van der Waals surface area contributed by atoms with Crippen LogP contribution in [0.25, 0.3) is 0 Å². The van der Waals surface area contributed by atoms with Crippen molar-refractivity contribution < 1.29 is 9.59 Å². The number of nitrogens with zero attached hydrogens (tertiary/aromatic N) is 2. The van der Waals surface area contributed by atoms with Crippen molar-refractivity contribution in [2.24, 2.45) is 0 Å². The molecule has 0 aliphatic carbocycles. The van der Waals surface area contributed by atoms with Gasteiger partial charge >= 0.3 is 0 Å². The van der Waals surface area contributed by atoms with Crippen LogP contribution in [-0.4, -0.2) is 54.2 Å². The van der Waals surface area contributed by atoms with Gasteiger partial charge in [0.05, 0.1) is 6.42 Å². The van der Waals surface area contributed by atoms with Crippen molar-refractivity contribution in [3.8, 4) is 0 Å². The molecule has 0 N–H and O–H groups in total. The SMILES string of the molecule is CCC1CN(C(=O)CC(C)=O)CCN1C. The van der Waals surface area contributed by atoms with Gasteiger partial charge in [-0.25, -0.2) is 0 Å². The third kappa shape index (κ3) is 3.30. The van der Waals surface area contributed by atoms with Crippen LogP contribution < -0.4 is 0 Å². The van der Waals surface area contributed by atoms with Crippen molar-refractivity contribution in [1.29, 1.82) is 0 Å². The third-order valence-electron chi connectivity index (χ3n) is 3.00. The second kappa shape index (κ2) is 5.26. The molecule has 1 rings (SSSR count). The van der Waals surface area contributed by atoms with Crippen LogP contribution in [0, 0.1) is 0 Å². The van der Waals surface area contributed by atoms with Gasteiger partial charge in [0, 0.05) is 25.7 Å². The maximum absolute atomic E-state index is 11.7. The fourth-order valence-electron chi connectivity index (χ4n) is 1.94. The molecule has 1 aliphatic rings. The van der Waals surface area contributed by atoms with Crippen LogP contribution >= 0.6 is 0 Å². The summed E-state index contributed by atoms with van der Waals surface area (Å²) in [4.78, 5) is 26.6. The van der Waals surface area contributed by atoms with Crippen molar-refractivity contribution in [2.75, 3.05) is 26.7 Å². The van der Waals surface area contributed by atoms with Crippen LogP contribution in [-0.2, 0) is 9.59 Å². The lowest BCUT2D eigenvalue weighted by atomic mass is 10.1. The van der Waals surface area contributed by atoms with E-state index in [1.165, 1.54) is 6.92 Å². The number of Topliss-reactive ketones (excluding diaryl/α,β-unsaturated/α-hetero) is 1. The number of carbonyl (C=O) groups excluding carboxylic acids is 2. The van der Waals surface area contributed by atoms with Gasteiger partial charge < -0.3 is 4.90 Å². The number of rotatable bonds is 3. The molecule has 86 valence electrons. The Labute approximate surface area is 91.2 Å². The quantitative estimate of drug-likeness (QED) is 0.640. The fourth-order valence-corrected chi connectivity index (χ4v) is 1.94. The minimum absolute atomic E-state index is 0.0194. The summed E-state index contributed by atoms with van der Waals surface area (Å²) in [6.45, 7) is 6.01. The minimum Gasteiger partial charge on any atom is -0.339 e. The molecule has 1 saturated heterocycles. The van der Waals surface area contributed by atoms with Crippen molar-refractivity contribution in [3.63, 3.8) is 0 Å². The molecule has 4 heteroatoms. The number of hydrogen-bond donors (Lipinski definition) is 0. The molecule has 0 aromatic rings. The van der Waals surface area contributed by atoms with Crippen LogP contribution in [0.2, 0.25) is 0 Å². The van der Waals surface area contributed by atoms with Gasteiger partial charge in [-0.15, -0.1) is 0 Å². The van der Waals surface area contributed by atoms with Gasteiger partial charge in [0.1, 0.15) is 5.78 Å². The molecule has 0 spiro atoms. The summed E-state index contributed by atoms with van der Waals surface area (Å²) in [5, 5.41) is 0. The summed E-state index contributed by atoms with van der Waals surface area (Å²) in [7, 11) is 2.08. The van der Waals surface area contributed by atoms with Crippen molar-refractivity contribution in [2.45, 2.75) is 32.7 Å². The molecule has 1 heterocycles. The number of piperazine rings is 1. The van der Waals surface area contributed by atoms with E-state index in [2.05, 4.69) is 18.9 Å². The first-order chi connectivity index (χ1) is 7.04. The van der Waals surface area contributed by atoms with Gasteiger partial charge in [0.2, 0.25) is 5.91 Å². The Morgan fingerprint density at radius 2 is 2.00 bits per heavy atom. The molecule has 1 amide bonds. The molecule has 4 nitrogen and oxygen atoms in total. The Morgan fingerprint density at radius 1 is 1.33 bits per heavy atom. The molecule has 15 heavy (non-hydrogen) atoms. The zero-order valence-electron chi connectivity index (χ0n) is 9.82. The Bertz CT molecular complexity index is 253. The molecule has 0 saturated carbocycles. The van der Waals surface area contributed by atoms with E-state index in [4.69, 9.17) is 0 Å². The van der Waals surface area contributed by atoms with Crippen LogP contribution in [0.5, 0.6) is 0 Å².